The second-order valence-corrected chi connectivity index (χ2v) is 10.1. The number of anilines is 4. The summed E-state index contributed by atoms with van der Waals surface area (Å²) in [5.74, 6) is -0.223. The summed E-state index contributed by atoms with van der Waals surface area (Å²) in [6.07, 6.45) is 0. The van der Waals surface area contributed by atoms with Crippen molar-refractivity contribution in [3.05, 3.63) is 82.9 Å². The maximum Gasteiger partial charge on any atom is 0.258 e. The van der Waals surface area contributed by atoms with Gasteiger partial charge < -0.3 is 26.2 Å². The van der Waals surface area contributed by atoms with Gasteiger partial charge in [-0.3, -0.25) is 14.5 Å². The molecule has 0 atom stereocenters. The number of nitrogens with two attached hydrogens (primary N) is 1. The van der Waals surface area contributed by atoms with Gasteiger partial charge in [0.2, 0.25) is 5.91 Å². The number of halogens is 1. The third-order valence-corrected chi connectivity index (χ3v) is 7.26. The Kier molecular flexibility index (Phi) is 7.37. The standard InChI is InChI=1S/C29H31ClN6O2/c1-34-12-14-36(15-13-34)18-26(37)35(2)25-11-9-21(17-23(25)31)32-28(19-6-4-3-5-7-19)27-22-10-8-20(30)16-24(22)33-29(27)38/h3-11,16-17,32H,12-15,18,31H2,1-2H3,(H,33,38)/b28-27-. The molecule has 2 heterocycles. The molecule has 0 radical (unpaired) electrons. The van der Waals surface area contributed by atoms with Crippen LogP contribution in [0.1, 0.15) is 11.1 Å². The minimum Gasteiger partial charge on any atom is -0.397 e. The van der Waals surface area contributed by atoms with Gasteiger partial charge in [0, 0.05) is 49.5 Å². The molecule has 3 aromatic rings. The number of fused-ring (bicyclic) bond motifs is 1. The largest absolute Gasteiger partial charge is 0.397 e. The van der Waals surface area contributed by atoms with Gasteiger partial charge in [0.25, 0.3) is 5.91 Å². The molecule has 2 aliphatic heterocycles. The number of hydrogen-bond donors (Lipinski definition) is 3. The summed E-state index contributed by atoms with van der Waals surface area (Å²) in [5, 5.41) is 6.88. The zero-order valence-electron chi connectivity index (χ0n) is 21.5. The van der Waals surface area contributed by atoms with Crippen molar-refractivity contribution in [3.63, 3.8) is 0 Å². The van der Waals surface area contributed by atoms with Crippen LogP contribution in [0.5, 0.6) is 0 Å². The second-order valence-electron chi connectivity index (χ2n) is 9.69. The molecule has 5 rings (SSSR count). The zero-order valence-corrected chi connectivity index (χ0v) is 22.3. The highest BCUT2D eigenvalue weighted by Gasteiger charge is 2.29. The van der Waals surface area contributed by atoms with E-state index in [0.717, 1.165) is 37.3 Å². The van der Waals surface area contributed by atoms with Crippen LogP contribution in [-0.2, 0) is 9.59 Å². The van der Waals surface area contributed by atoms with E-state index >= 15 is 0 Å². The number of amides is 2. The molecule has 1 fully saturated rings. The molecule has 196 valence electrons. The zero-order chi connectivity index (χ0) is 26.8. The van der Waals surface area contributed by atoms with Crippen molar-refractivity contribution in [2.45, 2.75) is 0 Å². The summed E-state index contributed by atoms with van der Waals surface area (Å²) in [6, 6.07) is 20.5. The Morgan fingerprint density at radius 2 is 1.79 bits per heavy atom. The van der Waals surface area contributed by atoms with Crippen LogP contribution >= 0.6 is 11.6 Å². The average molecular weight is 531 g/mol. The predicted octanol–water partition coefficient (Wildman–Crippen LogP) is 4.06. The molecule has 0 aromatic heterocycles. The molecule has 8 nitrogen and oxygen atoms in total. The Balaban J connectivity index is 1.42. The van der Waals surface area contributed by atoms with Crippen LogP contribution in [0.25, 0.3) is 11.3 Å². The number of carbonyl (C=O) groups is 2. The first kappa shape index (κ1) is 25.8. The van der Waals surface area contributed by atoms with E-state index in [-0.39, 0.29) is 11.8 Å². The molecule has 38 heavy (non-hydrogen) atoms. The Bertz CT molecular complexity index is 1400. The van der Waals surface area contributed by atoms with Crippen molar-refractivity contribution in [2.75, 3.05) is 68.1 Å². The molecule has 0 spiro atoms. The number of nitrogen functional groups attached to an aromatic ring is 1. The minimum atomic E-state index is -0.215. The highest BCUT2D eigenvalue weighted by Crippen LogP contribution is 2.39. The SMILES string of the molecule is CN1CCN(CC(=O)N(C)c2ccc(N/C(=C3\C(=O)Nc4cc(Cl)ccc43)c3ccccc3)cc2N)CC1. The molecule has 0 unspecified atom stereocenters. The van der Waals surface area contributed by atoms with Crippen LogP contribution in [0.2, 0.25) is 5.02 Å². The smallest absolute Gasteiger partial charge is 0.258 e. The topological polar surface area (TPSA) is 93.9 Å². The van der Waals surface area contributed by atoms with E-state index in [1.165, 1.54) is 0 Å². The average Bonchev–Trinajstić information content (AvgIpc) is 3.23. The molecule has 9 heteroatoms. The number of nitrogens with one attached hydrogen (secondary N) is 2. The molecule has 0 saturated carbocycles. The van der Waals surface area contributed by atoms with Crippen LogP contribution in [0.3, 0.4) is 0 Å². The van der Waals surface area contributed by atoms with Gasteiger partial charge in [-0.05, 0) is 42.9 Å². The van der Waals surface area contributed by atoms with E-state index in [1.54, 1.807) is 30.1 Å². The lowest BCUT2D eigenvalue weighted by Gasteiger charge is -2.33. The Labute approximate surface area is 227 Å². The first-order valence-corrected chi connectivity index (χ1v) is 12.9. The first-order chi connectivity index (χ1) is 18.3. The van der Waals surface area contributed by atoms with Crippen LogP contribution in [0, 0.1) is 0 Å². The fraction of sp³-hybridized carbons (Fsp3) is 0.241. The van der Waals surface area contributed by atoms with Crippen LogP contribution in [0.15, 0.2) is 66.7 Å². The van der Waals surface area contributed by atoms with Crippen molar-refractivity contribution in [1.29, 1.82) is 0 Å². The van der Waals surface area contributed by atoms with Crippen LogP contribution < -0.4 is 21.3 Å². The van der Waals surface area contributed by atoms with Crippen LogP contribution in [-0.4, -0.2) is 68.4 Å². The number of nitrogens with zero attached hydrogens (tertiary/aromatic N) is 3. The van der Waals surface area contributed by atoms with E-state index in [0.29, 0.717) is 45.6 Å². The molecule has 2 aliphatic rings. The number of hydrogen-bond acceptors (Lipinski definition) is 6. The van der Waals surface area contributed by atoms with E-state index in [1.807, 2.05) is 48.5 Å². The highest BCUT2D eigenvalue weighted by molar-refractivity contribution is 6.38. The summed E-state index contributed by atoms with van der Waals surface area (Å²) in [6.45, 7) is 4.00. The van der Waals surface area contributed by atoms with Gasteiger partial charge in [-0.2, -0.15) is 0 Å². The summed E-state index contributed by atoms with van der Waals surface area (Å²) < 4.78 is 0. The van der Waals surface area contributed by atoms with E-state index < -0.39 is 0 Å². The van der Waals surface area contributed by atoms with Gasteiger partial charge >= 0.3 is 0 Å². The van der Waals surface area contributed by atoms with Gasteiger partial charge in [0.15, 0.2) is 0 Å². The number of piperazine rings is 1. The van der Waals surface area contributed by atoms with Crippen molar-refractivity contribution >= 4 is 57.4 Å². The Hall–Kier alpha value is -3.85. The third-order valence-electron chi connectivity index (χ3n) is 7.03. The molecular weight excluding hydrogens is 500 g/mol. The summed E-state index contributed by atoms with van der Waals surface area (Å²) in [4.78, 5) is 32.1. The van der Waals surface area contributed by atoms with E-state index in [2.05, 4.69) is 27.5 Å². The summed E-state index contributed by atoms with van der Waals surface area (Å²) in [5.41, 5.74) is 11.7. The Morgan fingerprint density at radius 1 is 1.05 bits per heavy atom. The number of likely N-dealkylation sites (N-methyl/N-ethyl adjacent to an activating group) is 2. The predicted molar refractivity (Wildman–Crippen MR) is 155 cm³/mol. The normalized spacial score (nSPS) is 17.1. The van der Waals surface area contributed by atoms with Gasteiger partial charge in [-0.15, -0.1) is 0 Å². The molecule has 4 N–H and O–H groups in total. The number of carbonyl (C=O) groups excluding carboxylic acids is 2. The van der Waals surface area contributed by atoms with Crippen molar-refractivity contribution in [1.82, 2.24) is 9.80 Å². The lowest BCUT2D eigenvalue weighted by atomic mass is 10.00. The summed E-state index contributed by atoms with van der Waals surface area (Å²) >= 11 is 6.16. The summed E-state index contributed by atoms with van der Waals surface area (Å²) in [7, 11) is 3.84. The minimum absolute atomic E-state index is 0.00745. The third kappa shape index (κ3) is 5.38. The monoisotopic (exact) mass is 530 g/mol. The van der Waals surface area contributed by atoms with E-state index in [9.17, 15) is 9.59 Å². The number of rotatable bonds is 6. The number of benzene rings is 3. The Morgan fingerprint density at radius 3 is 2.50 bits per heavy atom. The molecule has 0 aliphatic carbocycles. The van der Waals surface area contributed by atoms with Gasteiger partial charge in [0.1, 0.15) is 0 Å². The van der Waals surface area contributed by atoms with Crippen molar-refractivity contribution < 1.29 is 9.59 Å². The van der Waals surface area contributed by atoms with E-state index in [4.69, 9.17) is 17.3 Å². The second kappa shape index (κ2) is 10.9. The lowest BCUT2D eigenvalue weighted by Crippen LogP contribution is -2.48. The van der Waals surface area contributed by atoms with Crippen molar-refractivity contribution in [2.24, 2.45) is 0 Å². The van der Waals surface area contributed by atoms with Gasteiger partial charge in [0.05, 0.1) is 34.9 Å². The molecule has 0 bridgehead atoms. The fourth-order valence-electron chi connectivity index (χ4n) is 4.80. The lowest BCUT2D eigenvalue weighted by molar-refractivity contribution is -0.119. The quantitative estimate of drug-likeness (QED) is 0.329. The molecule has 3 aromatic carbocycles. The molecule has 2 amide bonds. The van der Waals surface area contributed by atoms with Crippen LogP contribution in [0.4, 0.5) is 22.7 Å². The van der Waals surface area contributed by atoms with Crippen molar-refractivity contribution in [3.8, 4) is 0 Å². The molecule has 1 saturated heterocycles. The maximum atomic E-state index is 13.1. The van der Waals surface area contributed by atoms with Gasteiger partial charge in [-0.1, -0.05) is 48.0 Å². The van der Waals surface area contributed by atoms with Gasteiger partial charge in [-0.25, -0.2) is 0 Å². The maximum absolute atomic E-state index is 13.1. The molecular formula is C29H31ClN6O2. The fourth-order valence-corrected chi connectivity index (χ4v) is 4.97. The highest BCUT2D eigenvalue weighted by atomic mass is 35.5. The first-order valence-electron chi connectivity index (χ1n) is 12.5.